The highest BCUT2D eigenvalue weighted by molar-refractivity contribution is 6.12. The van der Waals surface area contributed by atoms with Crippen LogP contribution >= 0.6 is 0 Å². The van der Waals surface area contributed by atoms with Crippen LogP contribution in [0.3, 0.4) is 0 Å². The molecule has 2 aromatic rings. The van der Waals surface area contributed by atoms with Crippen molar-refractivity contribution in [2.45, 2.75) is 83.1 Å². The van der Waals surface area contributed by atoms with Crippen LogP contribution in [0.2, 0.25) is 0 Å². The Labute approximate surface area is 287 Å². The second-order valence-electron chi connectivity index (χ2n) is 16.7. The number of nitrogens with zero attached hydrogens (tertiary/aromatic N) is 4. The van der Waals surface area contributed by atoms with Crippen molar-refractivity contribution < 1.29 is 9.59 Å². The first-order chi connectivity index (χ1) is 22.1. The van der Waals surface area contributed by atoms with Crippen LogP contribution in [-0.4, -0.2) is 11.6 Å². The Balaban J connectivity index is 1.53. The summed E-state index contributed by atoms with van der Waals surface area (Å²) in [5.74, 6) is 0.199. The molecule has 250 valence electrons. The molecule has 0 saturated heterocycles. The second kappa shape index (κ2) is 13.5. The lowest BCUT2D eigenvalue weighted by molar-refractivity contribution is -0.114. The molecule has 0 radical (unpaired) electrons. The normalized spacial score (nSPS) is 16.7. The van der Waals surface area contributed by atoms with Crippen molar-refractivity contribution in [3.8, 4) is 11.1 Å². The molecule has 0 unspecified atom stereocenters. The monoisotopic (exact) mass is 642 g/mol. The van der Waals surface area contributed by atoms with Crippen LogP contribution in [0.25, 0.3) is 11.1 Å². The molecule has 0 aliphatic heterocycles. The zero-order chi connectivity index (χ0) is 35.7. The fraction of sp³-hybridized carbons (Fsp3) is 0.381. The number of benzene rings is 2. The molecule has 4 rings (SSSR count). The van der Waals surface area contributed by atoms with Gasteiger partial charge in [0, 0.05) is 22.3 Å². The summed E-state index contributed by atoms with van der Waals surface area (Å²) in [5.41, 5.74) is 7.20. The summed E-state index contributed by atoms with van der Waals surface area (Å²) in [6.07, 6.45) is 11.1. The maximum atomic E-state index is 13.2. The van der Waals surface area contributed by atoms with Crippen molar-refractivity contribution in [1.29, 1.82) is 0 Å². The molecule has 0 bridgehead atoms. The molecule has 0 amide bonds. The number of carbonyl (C=O) groups is 2. The summed E-state index contributed by atoms with van der Waals surface area (Å²) >= 11 is 0. The molecule has 2 aromatic carbocycles. The van der Waals surface area contributed by atoms with E-state index in [1.807, 2.05) is 72.8 Å². The van der Waals surface area contributed by atoms with Gasteiger partial charge in [-0.15, -0.1) is 0 Å². The zero-order valence-electron chi connectivity index (χ0n) is 30.7. The summed E-state index contributed by atoms with van der Waals surface area (Å²) < 4.78 is 0. The Morgan fingerprint density at radius 2 is 0.833 bits per heavy atom. The quantitative estimate of drug-likeness (QED) is 0.304. The molecule has 2 aliphatic rings. The van der Waals surface area contributed by atoms with Gasteiger partial charge in [0.15, 0.2) is 11.6 Å². The number of azo groups is 2. The van der Waals surface area contributed by atoms with Crippen molar-refractivity contribution >= 4 is 22.9 Å². The minimum atomic E-state index is -0.279. The van der Waals surface area contributed by atoms with Gasteiger partial charge >= 0.3 is 0 Å². The molecule has 6 nitrogen and oxygen atoms in total. The van der Waals surface area contributed by atoms with Gasteiger partial charge in [-0.1, -0.05) is 107 Å². The predicted octanol–water partition coefficient (Wildman–Crippen LogP) is 12.3. The first kappa shape index (κ1) is 36.3. The summed E-state index contributed by atoms with van der Waals surface area (Å²) in [6.45, 7) is 24.7. The summed E-state index contributed by atoms with van der Waals surface area (Å²) in [6, 6.07) is 15.8. The van der Waals surface area contributed by atoms with Crippen LogP contribution in [0, 0.1) is 21.7 Å². The van der Waals surface area contributed by atoms with Crippen LogP contribution in [0.1, 0.15) is 83.1 Å². The molecule has 0 N–H and O–H groups in total. The molecule has 0 spiro atoms. The van der Waals surface area contributed by atoms with E-state index < -0.39 is 0 Å². The number of ketones is 2. The topological polar surface area (TPSA) is 83.6 Å². The Kier molecular flexibility index (Phi) is 10.2. The second-order valence-corrected chi connectivity index (χ2v) is 16.7. The maximum absolute atomic E-state index is 13.2. The molecule has 0 fully saturated rings. The molecule has 2 aliphatic carbocycles. The molecular weight excluding hydrogens is 592 g/mol. The van der Waals surface area contributed by atoms with E-state index in [-0.39, 0.29) is 33.2 Å². The van der Waals surface area contributed by atoms with Gasteiger partial charge in [-0.3, -0.25) is 9.59 Å². The SMILES string of the molecule is CC(C)(C)C1=CC(=C/N=N/c2ccc(-c3cccc(/N=N/C=C4C=C(C(C)(C)C)C(=O)C(C(C)(C)C)=C4)c3)cc2)C=C(C(C)(C)C)C1=O. The Bertz CT molecular complexity index is 1770. The smallest absolute Gasteiger partial charge is 0.186 e. The first-order valence-electron chi connectivity index (χ1n) is 16.6. The standard InChI is InChI=1S/C42H50N4O2/c1-39(2,3)33-20-27(21-34(37(33)47)40(4,5)6)25-43-45-31-18-16-29(17-19-31)30-14-13-15-32(24-30)46-44-26-28-22-35(41(7,8)9)38(48)36(23-28)42(10,11)12/h13-26H,1-12H3/b45-43+,46-44+. The molecule has 0 heterocycles. The number of rotatable bonds is 5. The maximum Gasteiger partial charge on any atom is 0.186 e. The largest absolute Gasteiger partial charge is 0.289 e. The van der Waals surface area contributed by atoms with Gasteiger partial charge < -0.3 is 0 Å². The van der Waals surface area contributed by atoms with E-state index in [4.69, 9.17) is 0 Å². The van der Waals surface area contributed by atoms with Gasteiger partial charge in [0.05, 0.1) is 23.8 Å². The Morgan fingerprint density at radius 1 is 0.458 bits per heavy atom. The fourth-order valence-corrected chi connectivity index (χ4v) is 5.47. The number of Topliss-reactive ketones (excluding diaryl/α,β-unsaturated/α-hetero) is 2. The lowest BCUT2D eigenvalue weighted by Gasteiger charge is -2.31. The van der Waals surface area contributed by atoms with Gasteiger partial charge in [0.1, 0.15) is 0 Å². The van der Waals surface area contributed by atoms with E-state index in [1.54, 1.807) is 12.4 Å². The number of carbonyl (C=O) groups excluding carboxylic acids is 2. The van der Waals surface area contributed by atoms with E-state index in [1.165, 1.54) is 0 Å². The van der Waals surface area contributed by atoms with Crippen LogP contribution in [0.5, 0.6) is 0 Å². The van der Waals surface area contributed by atoms with Gasteiger partial charge in [0.2, 0.25) is 0 Å². The zero-order valence-corrected chi connectivity index (χ0v) is 30.7. The molecule has 0 aromatic heterocycles. The van der Waals surface area contributed by atoms with E-state index >= 15 is 0 Å². The highest BCUT2D eigenvalue weighted by Gasteiger charge is 2.35. The van der Waals surface area contributed by atoms with Crippen molar-refractivity contribution in [3.63, 3.8) is 0 Å². The lowest BCUT2D eigenvalue weighted by atomic mass is 9.72. The minimum Gasteiger partial charge on any atom is -0.289 e. The number of allylic oxidation sites excluding steroid dienone is 10. The third-order valence-electron chi connectivity index (χ3n) is 8.26. The fourth-order valence-electron chi connectivity index (χ4n) is 5.47. The molecule has 48 heavy (non-hydrogen) atoms. The van der Waals surface area contributed by atoms with Crippen LogP contribution in [0.15, 0.2) is 139 Å². The predicted molar refractivity (Wildman–Crippen MR) is 197 cm³/mol. The van der Waals surface area contributed by atoms with Gasteiger partial charge in [-0.25, -0.2) is 0 Å². The van der Waals surface area contributed by atoms with E-state index in [0.717, 1.165) is 55.9 Å². The molecular formula is C42H50N4O2. The van der Waals surface area contributed by atoms with Gasteiger partial charge in [0.25, 0.3) is 0 Å². The third kappa shape index (κ3) is 8.85. The summed E-state index contributed by atoms with van der Waals surface area (Å²) in [5, 5.41) is 17.6. The van der Waals surface area contributed by atoms with Crippen molar-refractivity contribution in [2.24, 2.45) is 42.1 Å². The van der Waals surface area contributed by atoms with Crippen molar-refractivity contribution in [3.05, 3.63) is 119 Å². The van der Waals surface area contributed by atoms with Crippen LogP contribution < -0.4 is 0 Å². The number of hydrogen-bond acceptors (Lipinski definition) is 6. The van der Waals surface area contributed by atoms with Gasteiger partial charge in [-0.2, -0.15) is 20.5 Å². The average molecular weight is 643 g/mol. The van der Waals surface area contributed by atoms with Crippen LogP contribution in [0.4, 0.5) is 11.4 Å². The summed E-state index contributed by atoms with van der Waals surface area (Å²) in [7, 11) is 0. The van der Waals surface area contributed by atoms with E-state index in [2.05, 4.69) is 104 Å². The first-order valence-corrected chi connectivity index (χ1v) is 16.6. The lowest BCUT2D eigenvalue weighted by Crippen LogP contribution is -2.27. The van der Waals surface area contributed by atoms with E-state index in [9.17, 15) is 9.59 Å². The minimum absolute atomic E-state index is 0.0990. The summed E-state index contributed by atoms with van der Waals surface area (Å²) in [4.78, 5) is 26.4. The third-order valence-corrected chi connectivity index (χ3v) is 8.26. The highest BCUT2D eigenvalue weighted by atomic mass is 16.1. The van der Waals surface area contributed by atoms with Crippen LogP contribution in [-0.2, 0) is 9.59 Å². The Morgan fingerprint density at radius 3 is 1.21 bits per heavy atom. The molecule has 0 atom stereocenters. The van der Waals surface area contributed by atoms with Crippen molar-refractivity contribution in [2.75, 3.05) is 0 Å². The average Bonchev–Trinajstić information content (AvgIpc) is 2.96. The Hall–Kier alpha value is -4.58. The van der Waals surface area contributed by atoms with Crippen molar-refractivity contribution in [1.82, 2.24) is 0 Å². The number of hydrogen-bond donors (Lipinski definition) is 0. The van der Waals surface area contributed by atoms with Gasteiger partial charge in [-0.05, 0) is 92.5 Å². The molecule has 6 heteroatoms. The highest BCUT2D eigenvalue weighted by Crippen LogP contribution is 2.40. The van der Waals surface area contributed by atoms with E-state index in [0.29, 0.717) is 0 Å². The molecule has 0 saturated carbocycles.